The van der Waals surface area contributed by atoms with Gasteiger partial charge >= 0.3 is 0 Å². The van der Waals surface area contributed by atoms with Crippen LogP contribution in [-0.2, 0) is 16.0 Å². The van der Waals surface area contributed by atoms with Crippen molar-refractivity contribution in [2.45, 2.75) is 51.6 Å². The number of amides is 2. The molecule has 2 aromatic rings. The normalized spacial score (nSPS) is 23.3. The van der Waals surface area contributed by atoms with Crippen molar-refractivity contribution in [2.75, 3.05) is 51.3 Å². The molecule has 2 unspecified atom stereocenters. The Kier molecular flexibility index (Phi) is 10.6. The van der Waals surface area contributed by atoms with Crippen LogP contribution >= 0.6 is 23.6 Å². The van der Waals surface area contributed by atoms with Gasteiger partial charge in [-0.3, -0.25) is 14.6 Å². The largest absolute Gasteiger partial charge is 0.378 e. The zero-order chi connectivity index (χ0) is 27.8. The number of carbonyl (C=O) groups excluding carboxylic acids is 2. The van der Waals surface area contributed by atoms with Gasteiger partial charge in [-0.25, -0.2) is 0 Å². The van der Waals surface area contributed by atoms with E-state index in [0.717, 1.165) is 59.4 Å². The van der Waals surface area contributed by atoms with Gasteiger partial charge in [0, 0.05) is 50.4 Å². The number of quaternary nitrogens is 1. The van der Waals surface area contributed by atoms with Crippen molar-refractivity contribution >= 4 is 41.1 Å². The fourth-order valence-electron chi connectivity index (χ4n) is 6.17. The molecule has 2 aliphatic heterocycles. The molecule has 0 spiro atoms. The number of rotatable bonds is 10. The zero-order valence-corrected chi connectivity index (χ0v) is 24.4. The molecule has 0 radical (unpaired) electrons. The average Bonchev–Trinajstić information content (AvgIpc) is 2.95. The van der Waals surface area contributed by atoms with Crippen molar-refractivity contribution in [3.05, 3.63) is 59.9 Å². The Hall–Kier alpha value is -2.23. The summed E-state index contributed by atoms with van der Waals surface area (Å²) in [6.07, 6.45) is 6.99. The van der Waals surface area contributed by atoms with Gasteiger partial charge in [-0.15, -0.1) is 3.94 Å². The lowest BCUT2D eigenvalue weighted by Crippen LogP contribution is -2.61. The average molecular weight is 578 g/mol. The number of carbonyl (C=O) groups is 2. The summed E-state index contributed by atoms with van der Waals surface area (Å²) in [6, 6.07) is 11.5. The van der Waals surface area contributed by atoms with E-state index in [2.05, 4.69) is 36.3 Å². The fourth-order valence-corrected chi connectivity index (χ4v) is 6.66. The number of morpholine rings is 1. The predicted molar refractivity (Wildman–Crippen MR) is 154 cm³/mol. The third kappa shape index (κ3) is 7.50. The second-order valence-electron chi connectivity index (χ2n) is 10.8. The highest BCUT2D eigenvalue weighted by Gasteiger charge is 2.44. The summed E-state index contributed by atoms with van der Waals surface area (Å²) >= 11 is 12.5. The second kappa shape index (κ2) is 13.9. The van der Waals surface area contributed by atoms with Gasteiger partial charge in [0.2, 0.25) is 5.91 Å². The molecule has 2 aliphatic rings. The molecule has 2 amide bonds. The van der Waals surface area contributed by atoms with Crippen molar-refractivity contribution in [1.82, 2.24) is 13.8 Å². The summed E-state index contributed by atoms with van der Waals surface area (Å²) < 4.78 is 7.49. The SMILES string of the molecule is CCC[N+]1(C(C)Cc2cccc(NC(=O)c3cccnc3)c2)CCC(C(C(=O)N2CCOCC2)N(Cl)Cl)CC1. The lowest BCUT2D eigenvalue weighted by Gasteiger charge is -2.49. The number of hydrogen-bond acceptors (Lipinski definition) is 5. The van der Waals surface area contributed by atoms with Crippen LogP contribution in [0, 0.1) is 5.92 Å². The van der Waals surface area contributed by atoms with Gasteiger partial charge in [-0.05, 0) is 72.6 Å². The highest BCUT2D eigenvalue weighted by molar-refractivity contribution is 6.35. The van der Waals surface area contributed by atoms with Gasteiger partial charge in [0.15, 0.2) is 0 Å². The maximum atomic E-state index is 13.3. The molecule has 2 atom stereocenters. The van der Waals surface area contributed by atoms with Crippen molar-refractivity contribution in [3.63, 3.8) is 0 Å². The third-order valence-electron chi connectivity index (χ3n) is 8.37. The maximum Gasteiger partial charge on any atom is 0.257 e. The minimum absolute atomic E-state index is 0.00184. The van der Waals surface area contributed by atoms with E-state index in [0.29, 0.717) is 37.9 Å². The highest BCUT2D eigenvalue weighted by atomic mass is 35.5. The maximum absolute atomic E-state index is 13.3. The minimum Gasteiger partial charge on any atom is -0.378 e. The first-order valence-electron chi connectivity index (χ1n) is 14.0. The Balaban J connectivity index is 1.41. The van der Waals surface area contributed by atoms with Crippen LogP contribution in [0.5, 0.6) is 0 Å². The lowest BCUT2D eigenvalue weighted by atomic mass is 9.86. The number of pyridine rings is 1. The van der Waals surface area contributed by atoms with Crippen LogP contribution in [-0.4, -0.2) is 88.1 Å². The van der Waals surface area contributed by atoms with Gasteiger partial charge in [0.25, 0.3) is 5.91 Å². The van der Waals surface area contributed by atoms with Crippen molar-refractivity contribution in [1.29, 1.82) is 0 Å². The lowest BCUT2D eigenvalue weighted by molar-refractivity contribution is -0.954. The van der Waals surface area contributed by atoms with Gasteiger partial charge in [-0.2, -0.15) is 0 Å². The number of piperidine rings is 1. The molecule has 0 bridgehead atoms. The first-order chi connectivity index (χ1) is 18.8. The molecular weight excluding hydrogens is 537 g/mol. The monoisotopic (exact) mass is 576 g/mol. The number of ether oxygens (including phenoxy) is 1. The Morgan fingerprint density at radius 3 is 2.56 bits per heavy atom. The van der Waals surface area contributed by atoms with E-state index in [1.54, 1.807) is 24.5 Å². The predicted octanol–water partition coefficient (Wildman–Crippen LogP) is 4.74. The quantitative estimate of drug-likeness (QED) is 0.326. The number of anilines is 1. The molecule has 39 heavy (non-hydrogen) atoms. The second-order valence-corrected chi connectivity index (χ2v) is 11.7. The van der Waals surface area contributed by atoms with E-state index >= 15 is 0 Å². The Labute approximate surface area is 242 Å². The zero-order valence-electron chi connectivity index (χ0n) is 22.9. The standard InChI is InChI=1S/C29H39Cl2N5O3/c1-3-14-36(15-9-24(10-16-36)27(35(30)31)29(38)34-12-17-39-18-13-34)22(2)19-23-6-4-8-26(20-23)33-28(37)25-7-5-11-32-21-25/h4-8,11,20-22,24,27H,3,9-10,12-19H2,1-2H3/p+1. The van der Waals surface area contributed by atoms with E-state index in [1.165, 1.54) is 5.56 Å². The molecule has 10 heteroatoms. The van der Waals surface area contributed by atoms with Crippen LogP contribution in [0.1, 0.15) is 49.0 Å². The number of aromatic nitrogens is 1. The van der Waals surface area contributed by atoms with E-state index in [-0.39, 0.29) is 17.7 Å². The summed E-state index contributed by atoms with van der Waals surface area (Å²) in [7, 11) is 0. The molecule has 2 fully saturated rings. The first-order valence-corrected chi connectivity index (χ1v) is 14.6. The third-order valence-corrected chi connectivity index (χ3v) is 8.79. The van der Waals surface area contributed by atoms with Crippen LogP contribution < -0.4 is 5.32 Å². The molecule has 0 aliphatic carbocycles. The molecule has 212 valence electrons. The number of hydrogen-bond donors (Lipinski definition) is 1. The van der Waals surface area contributed by atoms with E-state index in [4.69, 9.17) is 28.3 Å². The number of nitrogens with one attached hydrogen (secondary N) is 1. The summed E-state index contributed by atoms with van der Waals surface area (Å²) in [5.74, 6) is -0.0580. The molecule has 4 rings (SSSR count). The van der Waals surface area contributed by atoms with E-state index < -0.39 is 6.04 Å². The summed E-state index contributed by atoms with van der Waals surface area (Å²) in [6.45, 7) is 9.86. The van der Waals surface area contributed by atoms with Crippen LogP contribution in [0.3, 0.4) is 0 Å². The summed E-state index contributed by atoms with van der Waals surface area (Å²) in [5.41, 5.74) is 2.50. The summed E-state index contributed by atoms with van der Waals surface area (Å²) in [4.78, 5) is 31.8. The van der Waals surface area contributed by atoms with Crippen LogP contribution in [0.2, 0.25) is 0 Å². The Morgan fingerprint density at radius 2 is 1.92 bits per heavy atom. The number of likely N-dealkylation sites (tertiary alicyclic amines) is 1. The van der Waals surface area contributed by atoms with Crippen molar-refractivity contribution in [3.8, 4) is 0 Å². The molecule has 2 saturated heterocycles. The van der Waals surface area contributed by atoms with Crippen molar-refractivity contribution < 1.29 is 18.8 Å². The molecule has 1 aromatic heterocycles. The van der Waals surface area contributed by atoms with Crippen LogP contribution in [0.4, 0.5) is 5.69 Å². The minimum atomic E-state index is -0.536. The topological polar surface area (TPSA) is 74.8 Å². The molecule has 0 saturated carbocycles. The smallest absolute Gasteiger partial charge is 0.257 e. The van der Waals surface area contributed by atoms with Crippen LogP contribution in [0.25, 0.3) is 0 Å². The van der Waals surface area contributed by atoms with Gasteiger partial charge in [0.1, 0.15) is 6.04 Å². The molecule has 3 heterocycles. The molecule has 1 aromatic carbocycles. The summed E-state index contributed by atoms with van der Waals surface area (Å²) in [5, 5.41) is 3.00. The fraction of sp³-hybridized carbons (Fsp3) is 0.552. The van der Waals surface area contributed by atoms with E-state index in [9.17, 15) is 9.59 Å². The van der Waals surface area contributed by atoms with Gasteiger partial charge in [0.05, 0.1) is 44.5 Å². The molecule has 1 N–H and O–H groups in total. The molecule has 8 nitrogen and oxygen atoms in total. The number of nitrogens with zero attached hydrogens (tertiary/aromatic N) is 4. The molecular formula is C29H40Cl2N5O3+. The highest BCUT2D eigenvalue weighted by Crippen LogP contribution is 2.34. The number of halogens is 2. The Bertz CT molecular complexity index is 1090. The van der Waals surface area contributed by atoms with E-state index in [1.807, 2.05) is 17.0 Å². The number of benzene rings is 1. The first kappa shape index (κ1) is 29.7. The van der Waals surface area contributed by atoms with Gasteiger partial charge in [-0.1, -0.05) is 19.1 Å². The van der Waals surface area contributed by atoms with Crippen molar-refractivity contribution in [2.24, 2.45) is 5.92 Å². The van der Waals surface area contributed by atoms with Gasteiger partial charge < -0.3 is 19.4 Å². The Morgan fingerprint density at radius 1 is 1.18 bits per heavy atom. The van der Waals surface area contributed by atoms with Crippen LogP contribution in [0.15, 0.2) is 48.8 Å².